The van der Waals surface area contributed by atoms with Crippen LogP contribution in [0.2, 0.25) is 0 Å². The van der Waals surface area contributed by atoms with Gasteiger partial charge in [-0.05, 0) is 42.3 Å². The molecule has 5 nitrogen and oxygen atoms in total. The Morgan fingerprint density at radius 3 is 2.37 bits per heavy atom. The molecule has 0 bridgehead atoms. The number of nitrogens with one attached hydrogen (secondary N) is 2. The molecular weight excluding hydrogens is 471 g/mol. The third kappa shape index (κ3) is 5.46. The molecule has 0 heterocycles. The van der Waals surface area contributed by atoms with E-state index >= 15 is 0 Å². The number of amides is 1. The fraction of sp³-hybridized carbons (Fsp3) is 0.136. The van der Waals surface area contributed by atoms with Gasteiger partial charge in [0.1, 0.15) is 5.82 Å². The monoisotopic (exact) mass is 490 g/mol. The first-order valence-corrected chi connectivity index (χ1v) is 11.7. The molecule has 3 rings (SSSR count). The molecule has 0 aliphatic rings. The Labute approximate surface area is 183 Å². The molecule has 0 fully saturated rings. The second-order valence-electron chi connectivity index (χ2n) is 6.89. The van der Waals surface area contributed by atoms with Gasteiger partial charge in [0.2, 0.25) is 10.0 Å². The van der Waals surface area contributed by atoms with Crippen LogP contribution in [0.15, 0.2) is 71.2 Å². The highest BCUT2D eigenvalue weighted by Crippen LogP contribution is 2.27. The van der Waals surface area contributed by atoms with Crippen LogP contribution in [-0.2, 0) is 10.0 Å². The quantitative estimate of drug-likeness (QED) is 0.521. The van der Waals surface area contributed by atoms with Gasteiger partial charge in [0.25, 0.3) is 5.91 Å². The van der Waals surface area contributed by atoms with E-state index in [0.717, 1.165) is 6.26 Å². The van der Waals surface area contributed by atoms with Crippen LogP contribution in [0.3, 0.4) is 0 Å². The van der Waals surface area contributed by atoms with Gasteiger partial charge in [-0.3, -0.25) is 9.52 Å². The highest BCUT2D eigenvalue weighted by molar-refractivity contribution is 9.10. The Morgan fingerprint density at radius 2 is 1.73 bits per heavy atom. The minimum absolute atomic E-state index is 0.255. The van der Waals surface area contributed by atoms with Gasteiger partial charge in [0, 0.05) is 15.6 Å². The molecular formula is C22H20BrFN2O3S. The SMILES string of the molecule is Cc1ccc(C(=O)NC(c2ccccc2)c2ccc(Br)cc2F)cc1NS(C)(=O)=O. The summed E-state index contributed by atoms with van der Waals surface area (Å²) in [6.45, 7) is 1.74. The largest absolute Gasteiger partial charge is 0.341 e. The lowest BCUT2D eigenvalue weighted by molar-refractivity contribution is 0.0942. The minimum atomic E-state index is -3.50. The second kappa shape index (κ2) is 8.97. The van der Waals surface area contributed by atoms with Gasteiger partial charge in [-0.1, -0.05) is 58.4 Å². The molecule has 0 aliphatic heterocycles. The molecule has 0 spiro atoms. The van der Waals surface area contributed by atoms with Crippen molar-refractivity contribution < 1.29 is 17.6 Å². The number of benzene rings is 3. The van der Waals surface area contributed by atoms with Crippen molar-refractivity contribution in [2.24, 2.45) is 0 Å². The Hall–Kier alpha value is -2.71. The Kier molecular flexibility index (Phi) is 6.58. The van der Waals surface area contributed by atoms with Crippen molar-refractivity contribution in [1.82, 2.24) is 5.32 Å². The van der Waals surface area contributed by atoms with E-state index in [1.807, 2.05) is 18.2 Å². The third-order valence-corrected chi connectivity index (χ3v) is 5.56. The average Bonchev–Trinajstić information content (AvgIpc) is 2.68. The summed E-state index contributed by atoms with van der Waals surface area (Å²) in [5, 5.41) is 2.86. The van der Waals surface area contributed by atoms with E-state index < -0.39 is 27.8 Å². The predicted molar refractivity (Wildman–Crippen MR) is 119 cm³/mol. The summed E-state index contributed by atoms with van der Waals surface area (Å²) in [5.74, 6) is -0.912. The average molecular weight is 491 g/mol. The van der Waals surface area contributed by atoms with Crippen molar-refractivity contribution in [3.63, 3.8) is 0 Å². The lowest BCUT2D eigenvalue weighted by Crippen LogP contribution is -2.30. The molecule has 1 amide bonds. The lowest BCUT2D eigenvalue weighted by atomic mass is 9.97. The fourth-order valence-electron chi connectivity index (χ4n) is 3.01. The van der Waals surface area contributed by atoms with Gasteiger partial charge in [-0.15, -0.1) is 0 Å². The maximum atomic E-state index is 14.7. The highest BCUT2D eigenvalue weighted by atomic mass is 79.9. The smallest absolute Gasteiger partial charge is 0.252 e. The number of hydrogen-bond donors (Lipinski definition) is 2. The van der Waals surface area contributed by atoms with Crippen LogP contribution in [0, 0.1) is 12.7 Å². The molecule has 8 heteroatoms. The minimum Gasteiger partial charge on any atom is -0.341 e. The van der Waals surface area contributed by atoms with E-state index in [2.05, 4.69) is 26.0 Å². The van der Waals surface area contributed by atoms with E-state index in [4.69, 9.17) is 0 Å². The topological polar surface area (TPSA) is 75.3 Å². The number of anilines is 1. The van der Waals surface area contributed by atoms with Crippen molar-refractivity contribution >= 4 is 37.5 Å². The number of hydrogen-bond acceptors (Lipinski definition) is 3. The maximum Gasteiger partial charge on any atom is 0.252 e. The predicted octanol–water partition coefficient (Wildman–Crippen LogP) is 4.79. The highest BCUT2D eigenvalue weighted by Gasteiger charge is 2.21. The van der Waals surface area contributed by atoms with Gasteiger partial charge in [0.15, 0.2) is 0 Å². The first kappa shape index (κ1) is 22.0. The maximum absolute atomic E-state index is 14.7. The summed E-state index contributed by atoms with van der Waals surface area (Å²) in [4.78, 5) is 13.0. The first-order chi connectivity index (χ1) is 14.1. The molecule has 0 aliphatic carbocycles. The molecule has 0 saturated heterocycles. The summed E-state index contributed by atoms with van der Waals surface area (Å²) in [5.41, 5.74) is 2.28. The zero-order chi connectivity index (χ0) is 21.9. The Morgan fingerprint density at radius 1 is 1.03 bits per heavy atom. The molecule has 156 valence electrons. The van der Waals surface area contributed by atoms with Crippen LogP contribution >= 0.6 is 15.9 Å². The van der Waals surface area contributed by atoms with Gasteiger partial charge >= 0.3 is 0 Å². The third-order valence-electron chi connectivity index (χ3n) is 4.48. The van der Waals surface area contributed by atoms with E-state index in [0.29, 0.717) is 26.9 Å². The molecule has 0 saturated carbocycles. The number of sulfonamides is 1. The van der Waals surface area contributed by atoms with Crippen molar-refractivity contribution in [2.45, 2.75) is 13.0 Å². The summed E-state index contributed by atoms with van der Waals surface area (Å²) in [6, 6.07) is 17.7. The molecule has 2 N–H and O–H groups in total. The second-order valence-corrected chi connectivity index (χ2v) is 9.55. The molecule has 0 radical (unpaired) electrons. The normalized spacial score (nSPS) is 12.3. The number of halogens is 2. The number of rotatable bonds is 6. The van der Waals surface area contributed by atoms with E-state index in [1.54, 1.807) is 43.3 Å². The molecule has 0 aromatic heterocycles. The van der Waals surface area contributed by atoms with Gasteiger partial charge in [-0.25, -0.2) is 12.8 Å². The Bertz CT molecular complexity index is 1180. The lowest BCUT2D eigenvalue weighted by Gasteiger charge is -2.21. The van der Waals surface area contributed by atoms with Crippen molar-refractivity contribution in [2.75, 3.05) is 11.0 Å². The van der Waals surface area contributed by atoms with Gasteiger partial charge in [0.05, 0.1) is 18.0 Å². The van der Waals surface area contributed by atoms with Gasteiger partial charge in [-0.2, -0.15) is 0 Å². The molecule has 30 heavy (non-hydrogen) atoms. The van der Waals surface area contributed by atoms with E-state index in [1.165, 1.54) is 12.1 Å². The molecule has 3 aromatic rings. The zero-order valence-electron chi connectivity index (χ0n) is 16.3. The summed E-state index contributed by atoms with van der Waals surface area (Å²) in [6.07, 6.45) is 1.04. The van der Waals surface area contributed by atoms with Crippen molar-refractivity contribution in [1.29, 1.82) is 0 Å². The van der Waals surface area contributed by atoms with Crippen LogP contribution < -0.4 is 10.0 Å². The standard InChI is InChI=1S/C22H20BrFN2O3S/c1-14-8-9-16(12-20(14)26-30(2,28)29)22(27)25-21(15-6-4-3-5-7-15)18-11-10-17(23)13-19(18)24/h3-13,21,26H,1-2H3,(H,25,27). The summed E-state index contributed by atoms with van der Waals surface area (Å²) >= 11 is 3.24. The van der Waals surface area contributed by atoms with Crippen LogP contribution in [0.1, 0.15) is 33.1 Å². The Balaban J connectivity index is 1.97. The van der Waals surface area contributed by atoms with Crippen molar-refractivity contribution in [3.05, 3.63) is 99.3 Å². The first-order valence-electron chi connectivity index (χ1n) is 9.03. The van der Waals surface area contributed by atoms with Crippen molar-refractivity contribution in [3.8, 4) is 0 Å². The zero-order valence-corrected chi connectivity index (χ0v) is 18.7. The fourth-order valence-corrected chi connectivity index (χ4v) is 3.96. The van der Waals surface area contributed by atoms with E-state index in [-0.39, 0.29) is 5.56 Å². The summed E-state index contributed by atoms with van der Waals surface area (Å²) in [7, 11) is -3.50. The summed E-state index contributed by atoms with van der Waals surface area (Å²) < 4.78 is 40.9. The number of aryl methyl sites for hydroxylation is 1. The van der Waals surface area contributed by atoms with Crippen LogP contribution in [0.5, 0.6) is 0 Å². The van der Waals surface area contributed by atoms with Crippen LogP contribution in [-0.4, -0.2) is 20.6 Å². The molecule has 1 unspecified atom stereocenters. The van der Waals surface area contributed by atoms with Crippen LogP contribution in [0.25, 0.3) is 0 Å². The molecule has 3 aromatic carbocycles. The number of carbonyl (C=O) groups excluding carboxylic acids is 1. The van der Waals surface area contributed by atoms with E-state index in [9.17, 15) is 17.6 Å². The van der Waals surface area contributed by atoms with Gasteiger partial charge < -0.3 is 5.32 Å². The van der Waals surface area contributed by atoms with Crippen LogP contribution in [0.4, 0.5) is 10.1 Å². The molecule has 1 atom stereocenters. The number of carbonyl (C=O) groups is 1.